The quantitative estimate of drug-likeness (QED) is 0.816. The first-order valence-electron chi connectivity index (χ1n) is 6.98. The fraction of sp³-hybridized carbons (Fsp3) is 0.500. The van der Waals surface area contributed by atoms with Crippen LogP contribution in [0.5, 0.6) is 5.75 Å². The van der Waals surface area contributed by atoms with Gasteiger partial charge in [0.05, 0.1) is 0 Å². The van der Waals surface area contributed by atoms with E-state index in [0.29, 0.717) is 12.0 Å². The summed E-state index contributed by atoms with van der Waals surface area (Å²) in [4.78, 5) is 23.6. The predicted octanol–water partition coefficient (Wildman–Crippen LogP) is 2.17. The summed E-state index contributed by atoms with van der Waals surface area (Å²) >= 11 is 0. The zero-order valence-corrected chi connectivity index (χ0v) is 13.0. The number of hydrogen-bond acceptors (Lipinski definition) is 4. The molecule has 0 radical (unpaired) electrons. The van der Waals surface area contributed by atoms with Crippen molar-refractivity contribution in [3.8, 4) is 5.75 Å². The van der Waals surface area contributed by atoms with Crippen LogP contribution >= 0.6 is 0 Å². The van der Waals surface area contributed by atoms with Crippen LogP contribution in [0.15, 0.2) is 24.3 Å². The van der Waals surface area contributed by atoms with E-state index in [1.165, 1.54) is 0 Å². The van der Waals surface area contributed by atoms with Crippen LogP contribution in [0.25, 0.3) is 0 Å². The zero-order chi connectivity index (χ0) is 16.0. The van der Waals surface area contributed by atoms with E-state index >= 15 is 0 Å². The van der Waals surface area contributed by atoms with Crippen LogP contribution < -0.4 is 5.32 Å². The Kier molecular flexibility index (Phi) is 5.76. The van der Waals surface area contributed by atoms with Crippen molar-refractivity contribution in [2.45, 2.75) is 52.2 Å². The fourth-order valence-corrected chi connectivity index (χ4v) is 1.73. The van der Waals surface area contributed by atoms with Crippen LogP contribution in [-0.2, 0) is 20.7 Å². The number of hydrogen-bond donors (Lipinski definition) is 2. The van der Waals surface area contributed by atoms with Gasteiger partial charge in [0.1, 0.15) is 17.4 Å². The van der Waals surface area contributed by atoms with E-state index < -0.39 is 17.6 Å². The van der Waals surface area contributed by atoms with E-state index in [9.17, 15) is 14.7 Å². The summed E-state index contributed by atoms with van der Waals surface area (Å²) in [7, 11) is 0. The summed E-state index contributed by atoms with van der Waals surface area (Å²) in [5, 5.41) is 12.2. The summed E-state index contributed by atoms with van der Waals surface area (Å²) in [5.74, 6) is -0.541. The van der Waals surface area contributed by atoms with Gasteiger partial charge in [-0.2, -0.15) is 0 Å². The summed E-state index contributed by atoms with van der Waals surface area (Å²) in [5.41, 5.74) is 0.129. The lowest BCUT2D eigenvalue weighted by Gasteiger charge is -2.22. The average molecular weight is 293 g/mol. The molecule has 0 bridgehead atoms. The Balaban J connectivity index is 2.43. The Bertz CT molecular complexity index is 505. The fourth-order valence-electron chi connectivity index (χ4n) is 1.73. The van der Waals surface area contributed by atoms with Crippen molar-refractivity contribution in [2.75, 3.05) is 0 Å². The molecular weight excluding hydrogens is 270 g/mol. The minimum Gasteiger partial charge on any atom is -0.508 e. The number of carbonyl (C=O) groups excluding carboxylic acids is 2. The topological polar surface area (TPSA) is 75.6 Å². The monoisotopic (exact) mass is 293 g/mol. The van der Waals surface area contributed by atoms with Crippen molar-refractivity contribution in [1.29, 1.82) is 0 Å². The summed E-state index contributed by atoms with van der Waals surface area (Å²) in [6, 6.07) is 6.18. The molecule has 0 unspecified atom stereocenters. The predicted molar refractivity (Wildman–Crippen MR) is 79.9 cm³/mol. The zero-order valence-electron chi connectivity index (χ0n) is 13.0. The van der Waals surface area contributed by atoms with Gasteiger partial charge in [-0.3, -0.25) is 4.79 Å². The van der Waals surface area contributed by atoms with Gasteiger partial charge in [-0.25, -0.2) is 4.79 Å². The molecule has 0 heterocycles. The van der Waals surface area contributed by atoms with Crippen LogP contribution in [0.2, 0.25) is 0 Å². The van der Waals surface area contributed by atoms with Gasteiger partial charge in [0, 0.05) is 6.42 Å². The van der Waals surface area contributed by atoms with Crippen molar-refractivity contribution >= 4 is 11.9 Å². The molecule has 0 spiro atoms. The van der Waals surface area contributed by atoms with Gasteiger partial charge >= 0.3 is 5.97 Å². The third-order valence-corrected chi connectivity index (χ3v) is 2.75. The van der Waals surface area contributed by atoms with Gasteiger partial charge in [0.2, 0.25) is 5.91 Å². The van der Waals surface area contributed by atoms with Crippen LogP contribution in [0.3, 0.4) is 0 Å². The minimum absolute atomic E-state index is 0.172. The maximum atomic E-state index is 11.8. The number of phenols is 1. The molecule has 21 heavy (non-hydrogen) atoms. The van der Waals surface area contributed by atoms with E-state index in [2.05, 4.69) is 5.32 Å². The number of carbonyl (C=O) groups is 2. The molecule has 0 aromatic heterocycles. The third kappa shape index (κ3) is 6.29. The molecule has 0 saturated carbocycles. The minimum atomic E-state index is -0.693. The lowest BCUT2D eigenvalue weighted by Crippen LogP contribution is -2.42. The van der Waals surface area contributed by atoms with Gasteiger partial charge in [-0.05, 0) is 45.7 Å². The van der Waals surface area contributed by atoms with Crippen LogP contribution in [0.4, 0.5) is 0 Å². The molecule has 1 aromatic carbocycles. The first-order chi connectivity index (χ1) is 9.69. The Labute approximate surface area is 125 Å². The molecule has 1 atom stereocenters. The number of benzene rings is 1. The Morgan fingerprint density at radius 2 is 1.90 bits per heavy atom. The molecule has 116 valence electrons. The largest absolute Gasteiger partial charge is 0.508 e. The van der Waals surface area contributed by atoms with Crippen LogP contribution in [0, 0.1) is 0 Å². The maximum Gasteiger partial charge on any atom is 0.328 e. The Morgan fingerprint density at radius 1 is 1.29 bits per heavy atom. The lowest BCUT2D eigenvalue weighted by molar-refractivity contribution is -0.158. The maximum absolute atomic E-state index is 11.8. The smallest absolute Gasteiger partial charge is 0.328 e. The molecule has 0 aliphatic heterocycles. The van der Waals surface area contributed by atoms with Gasteiger partial charge < -0.3 is 15.2 Å². The molecular formula is C16H23NO4. The summed E-state index contributed by atoms with van der Waals surface area (Å²) in [6.07, 6.45) is 0.615. The highest BCUT2D eigenvalue weighted by Crippen LogP contribution is 2.17. The first-order valence-corrected chi connectivity index (χ1v) is 6.98. The SMILES string of the molecule is C[C@H](NC(=O)CCc1ccccc1O)C(=O)OC(C)(C)C. The van der Waals surface area contributed by atoms with E-state index in [4.69, 9.17) is 4.74 Å². The molecule has 0 fully saturated rings. The van der Waals surface area contributed by atoms with Gasteiger partial charge in [0.15, 0.2) is 0 Å². The molecule has 2 N–H and O–H groups in total. The second-order valence-corrected chi connectivity index (χ2v) is 5.95. The molecule has 0 saturated heterocycles. The second-order valence-electron chi connectivity index (χ2n) is 5.95. The number of nitrogens with one attached hydrogen (secondary N) is 1. The molecule has 1 amide bonds. The normalized spacial score (nSPS) is 12.6. The van der Waals surface area contributed by atoms with E-state index in [1.807, 2.05) is 0 Å². The number of amides is 1. The Morgan fingerprint density at radius 3 is 2.48 bits per heavy atom. The van der Waals surface area contributed by atoms with Crippen LogP contribution in [0.1, 0.15) is 39.7 Å². The number of aryl methyl sites for hydroxylation is 1. The van der Waals surface area contributed by atoms with Crippen molar-refractivity contribution in [1.82, 2.24) is 5.32 Å². The molecule has 5 heteroatoms. The van der Waals surface area contributed by atoms with Gasteiger partial charge in [-0.15, -0.1) is 0 Å². The Hall–Kier alpha value is -2.04. The lowest BCUT2D eigenvalue weighted by atomic mass is 10.1. The third-order valence-electron chi connectivity index (χ3n) is 2.75. The van der Waals surface area contributed by atoms with Crippen molar-refractivity contribution < 1.29 is 19.4 Å². The molecule has 0 aliphatic rings. The highest BCUT2D eigenvalue weighted by Gasteiger charge is 2.22. The van der Waals surface area contributed by atoms with E-state index in [1.54, 1.807) is 52.0 Å². The van der Waals surface area contributed by atoms with E-state index in [0.717, 1.165) is 0 Å². The highest BCUT2D eigenvalue weighted by molar-refractivity contribution is 5.84. The van der Waals surface area contributed by atoms with Crippen molar-refractivity contribution in [2.24, 2.45) is 0 Å². The van der Waals surface area contributed by atoms with Gasteiger partial charge in [0.25, 0.3) is 0 Å². The van der Waals surface area contributed by atoms with Gasteiger partial charge in [-0.1, -0.05) is 18.2 Å². The number of rotatable bonds is 5. The molecule has 0 aliphatic carbocycles. The average Bonchev–Trinajstić information content (AvgIpc) is 2.35. The van der Waals surface area contributed by atoms with Crippen LogP contribution in [-0.4, -0.2) is 28.6 Å². The summed E-state index contributed by atoms with van der Waals surface area (Å²) < 4.78 is 5.19. The number of aromatic hydroxyl groups is 1. The highest BCUT2D eigenvalue weighted by atomic mass is 16.6. The number of phenolic OH excluding ortho intramolecular Hbond substituents is 1. The molecule has 5 nitrogen and oxygen atoms in total. The number of esters is 1. The standard InChI is InChI=1S/C16H23NO4/c1-11(15(20)21-16(2,3)4)17-14(19)10-9-12-7-5-6-8-13(12)18/h5-8,11,18H,9-10H2,1-4H3,(H,17,19)/t11-/m0/s1. The van der Waals surface area contributed by atoms with Crippen molar-refractivity contribution in [3.05, 3.63) is 29.8 Å². The second kappa shape index (κ2) is 7.11. The molecule has 1 aromatic rings. The molecule has 1 rings (SSSR count). The number of ether oxygens (including phenoxy) is 1. The summed E-state index contributed by atoms with van der Waals surface area (Å²) in [6.45, 7) is 6.92. The first kappa shape index (κ1) is 17.0. The van der Waals surface area contributed by atoms with Crippen molar-refractivity contribution in [3.63, 3.8) is 0 Å². The van der Waals surface area contributed by atoms with E-state index in [-0.39, 0.29) is 18.1 Å². The number of para-hydroxylation sites is 1.